The highest BCUT2D eigenvalue weighted by atomic mass is 35.5. The number of rotatable bonds is 12. The zero-order valence-electron chi connectivity index (χ0n) is 26.1. The molecule has 0 amide bonds. The van der Waals surface area contributed by atoms with Gasteiger partial charge < -0.3 is 14.4 Å². The van der Waals surface area contributed by atoms with Crippen LogP contribution in [0, 0.1) is 29.2 Å². The van der Waals surface area contributed by atoms with Crippen molar-refractivity contribution in [1.29, 1.82) is 0 Å². The summed E-state index contributed by atoms with van der Waals surface area (Å²) in [4.78, 5) is 47.3. The van der Waals surface area contributed by atoms with Gasteiger partial charge in [0.05, 0.1) is 13.0 Å². The summed E-state index contributed by atoms with van der Waals surface area (Å²) in [5.41, 5.74) is 1.31. The van der Waals surface area contributed by atoms with Gasteiger partial charge in [-0.15, -0.1) is 0 Å². The van der Waals surface area contributed by atoms with Crippen LogP contribution in [-0.2, 0) is 19.1 Å². The summed E-state index contributed by atoms with van der Waals surface area (Å²) in [6.07, 6.45) is 8.62. The average Bonchev–Trinajstić information content (AvgIpc) is 3.00. The molecule has 1 aliphatic rings. The van der Waals surface area contributed by atoms with Crippen molar-refractivity contribution in [1.82, 2.24) is 4.90 Å². The van der Waals surface area contributed by atoms with Crippen molar-refractivity contribution < 1.29 is 46.2 Å². The molecule has 1 fully saturated rings. The van der Waals surface area contributed by atoms with Gasteiger partial charge in [-0.2, -0.15) is 8.78 Å². The Bertz CT molecular complexity index is 1300. The zero-order valence-corrected chi connectivity index (χ0v) is 26.9. The fourth-order valence-corrected chi connectivity index (χ4v) is 4.34. The Morgan fingerprint density at radius 1 is 1.00 bits per heavy atom. The van der Waals surface area contributed by atoms with E-state index in [0.717, 1.165) is 44.0 Å². The van der Waals surface area contributed by atoms with Crippen molar-refractivity contribution in [3.8, 4) is 5.75 Å². The van der Waals surface area contributed by atoms with E-state index in [2.05, 4.69) is 4.74 Å². The van der Waals surface area contributed by atoms with E-state index in [1.807, 2.05) is 13.8 Å². The van der Waals surface area contributed by atoms with Crippen LogP contribution < -0.4 is 4.74 Å². The summed E-state index contributed by atoms with van der Waals surface area (Å²) < 4.78 is 63.0. The summed E-state index contributed by atoms with van der Waals surface area (Å²) in [5, 5.41) is 0.529. The fourth-order valence-electron chi connectivity index (χ4n) is 4.16. The first-order valence-electron chi connectivity index (χ1n) is 14.6. The van der Waals surface area contributed by atoms with Crippen LogP contribution in [0.5, 0.6) is 5.75 Å². The van der Waals surface area contributed by atoms with Crippen LogP contribution in [0.2, 0.25) is 5.02 Å². The van der Waals surface area contributed by atoms with E-state index in [9.17, 15) is 36.7 Å². The number of Topliss-reactive ketones (excluding diaryl/α,β-unsaturated/α-hetero) is 2. The van der Waals surface area contributed by atoms with Crippen LogP contribution in [0.3, 0.4) is 0 Å². The number of hydrogen-bond donors (Lipinski definition) is 0. The van der Waals surface area contributed by atoms with Crippen LogP contribution >= 0.6 is 11.6 Å². The second-order valence-electron chi connectivity index (χ2n) is 10.2. The largest absolute Gasteiger partial charge is 0.480 e. The number of esters is 1. The van der Waals surface area contributed by atoms with Gasteiger partial charge >= 0.3 is 5.97 Å². The van der Waals surface area contributed by atoms with Gasteiger partial charge in [0.2, 0.25) is 11.6 Å². The molecule has 1 unspecified atom stereocenters. The van der Waals surface area contributed by atoms with Gasteiger partial charge in [-0.1, -0.05) is 44.9 Å². The Morgan fingerprint density at radius 2 is 1.60 bits per heavy atom. The first kappa shape index (κ1) is 39.3. The molecular formula is C33H40ClF4NO6. The second-order valence-corrected chi connectivity index (χ2v) is 10.7. The van der Waals surface area contributed by atoms with Crippen molar-refractivity contribution in [3.05, 3.63) is 69.9 Å². The van der Waals surface area contributed by atoms with Gasteiger partial charge in [0.25, 0.3) is 0 Å². The Morgan fingerprint density at radius 3 is 2.16 bits per heavy atom. The molecule has 248 valence electrons. The van der Waals surface area contributed by atoms with E-state index in [-0.39, 0.29) is 24.4 Å². The summed E-state index contributed by atoms with van der Waals surface area (Å²) in [6, 6.07) is 5.14. The molecule has 0 radical (unpaired) electrons. The Kier molecular flexibility index (Phi) is 17.8. The highest BCUT2D eigenvalue weighted by molar-refractivity contribution is 6.30. The number of nitrogens with zero attached hydrogens (tertiary/aromatic N) is 1. The molecule has 0 aromatic heterocycles. The smallest absolute Gasteiger partial charge is 0.306 e. The molecule has 0 N–H and O–H groups in total. The molecule has 0 saturated heterocycles. The third kappa shape index (κ3) is 13.8. The van der Waals surface area contributed by atoms with Crippen LogP contribution in [0.4, 0.5) is 17.6 Å². The highest BCUT2D eigenvalue weighted by Gasteiger charge is 2.25. The Hall–Kier alpha value is -3.73. The van der Waals surface area contributed by atoms with Crippen molar-refractivity contribution in [2.24, 2.45) is 5.92 Å². The van der Waals surface area contributed by atoms with E-state index in [4.69, 9.17) is 16.3 Å². The van der Waals surface area contributed by atoms with E-state index in [0.29, 0.717) is 17.1 Å². The van der Waals surface area contributed by atoms with E-state index in [1.165, 1.54) is 13.8 Å². The van der Waals surface area contributed by atoms with Crippen molar-refractivity contribution in [2.45, 2.75) is 72.3 Å². The van der Waals surface area contributed by atoms with E-state index < -0.39 is 53.3 Å². The maximum absolute atomic E-state index is 13.5. The SMILES string of the molecule is CC.CC(=O)CN(C)/C=C\c1ccc(Cl)cc1C=O.CC(CC(=O)OC1CCCCC1)C(=O)COc1c(F)c(F)cc(F)c1F. The number of aldehydes is 1. The summed E-state index contributed by atoms with van der Waals surface area (Å²) in [6.45, 7) is 6.49. The first-order valence-corrected chi connectivity index (χ1v) is 15.0. The minimum atomic E-state index is -1.72. The Balaban J connectivity index is 0.000000462. The molecule has 1 aliphatic carbocycles. The number of carbonyl (C=O) groups excluding carboxylic acids is 4. The van der Waals surface area contributed by atoms with Crippen molar-refractivity contribution in [2.75, 3.05) is 20.2 Å². The van der Waals surface area contributed by atoms with Gasteiger partial charge in [-0.25, -0.2) is 8.78 Å². The number of likely N-dealkylation sites (N-methyl/N-ethyl adjacent to an activating group) is 1. The van der Waals surface area contributed by atoms with E-state index >= 15 is 0 Å². The quantitative estimate of drug-likeness (QED) is 0.0997. The molecule has 12 heteroatoms. The molecule has 0 heterocycles. The Labute approximate surface area is 266 Å². The van der Waals surface area contributed by atoms with Crippen LogP contribution in [0.25, 0.3) is 6.08 Å². The molecule has 0 aliphatic heterocycles. The lowest BCUT2D eigenvalue weighted by Crippen LogP contribution is -2.26. The summed E-state index contributed by atoms with van der Waals surface area (Å²) in [5.74, 6) is -9.92. The van der Waals surface area contributed by atoms with Gasteiger partial charge in [0, 0.05) is 29.6 Å². The predicted molar refractivity (Wildman–Crippen MR) is 164 cm³/mol. The van der Waals surface area contributed by atoms with Crippen molar-refractivity contribution in [3.63, 3.8) is 0 Å². The molecule has 0 spiro atoms. The highest BCUT2D eigenvalue weighted by Crippen LogP contribution is 2.27. The van der Waals surface area contributed by atoms with Crippen LogP contribution in [-0.4, -0.2) is 55.0 Å². The normalized spacial score (nSPS) is 13.5. The lowest BCUT2D eigenvalue weighted by Gasteiger charge is -2.22. The molecule has 3 rings (SSSR count). The molecule has 1 atom stereocenters. The molecule has 2 aromatic carbocycles. The second kappa shape index (κ2) is 20.3. The van der Waals surface area contributed by atoms with Gasteiger partial charge in [-0.05, 0) is 62.6 Å². The molecule has 1 saturated carbocycles. The molecule has 7 nitrogen and oxygen atoms in total. The minimum Gasteiger partial charge on any atom is -0.480 e. The topological polar surface area (TPSA) is 90.0 Å². The number of ether oxygens (including phenoxy) is 2. The number of halogens is 5. The molecule has 0 bridgehead atoms. The maximum Gasteiger partial charge on any atom is 0.306 e. The monoisotopic (exact) mass is 657 g/mol. The van der Waals surface area contributed by atoms with E-state index in [1.54, 1.807) is 42.4 Å². The average molecular weight is 658 g/mol. The number of benzene rings is 2. The lowest BCUT2D eigenvalue weighted by molar-refractivity contribution is -0.153. The van der Waals surface area contributed by atoms with Crippen LogP contribution in [0.1, 0.15) is 82.1 Å². The molecule has 2 aromatic rings. The lowest BCUT2D eigenvalue weighted by atomic mass is 9.97. The number of carbonyl (C=O) groups is 4. The standard InChI is InChI=1S/C18H20F4O4.C13H14ClNO2.C2H6/c1-10(7-15(24)26-11-5-3-2-4-6-11)14(23)9-25-18-16(21)12(19)8-13(20)17(18)22;1-10(17)8-15(2)6-5-11-3-4-13(14)7-12(11)9-16;1-2/h8,10-11H,2-7,9H2,1H3;3-7,9H,8H2,1-2H3;1-2H3/b;6-5-;. The molecule has 45 heavy (non-hydrogen) atoms. The molecular weight excluding hydrogens is 618 g/mol. The predicted octanol–water partition coefficient (Wildman–Crippen LogP) is 7.76. The summed E-state index contributed by atoms with van der Waals surface area (Å²) >= 11 is 5.79. The first-order chi connectivity index (χ1) is 21.3. The van der Waals surface area contributed by atoms with Gasteiger partial charge in [0.15, 0.2) is 29.5 Å². The maximum atomic E-state index is 13.5. The fraction of sp³-hybridized carbons (Fsp3) is 0.455. The zero-order chi connectivity index (χ0) is 34.1. The number of hydrogen-bond acceptors (Lipinski definition) is 7. The van der Waals surface area contributed by atoms with Crippen molar-refractivity contribution >= 4 is 41.5 Å². The van der Waals surface area contributed by atoms with Gasteiger partial charge in [-0.3, -0.25) is 19.2 Å². The number of ketones is 2. The summed E-state index contributed by atoms with van der Waals surface area (Å²) in [7, 11) is 1.80. The van der Waals surface area contributed by atoms with Crippen LogP contribution in [0.15, 0.2) is 30.5 Å². The third-order valence-electron chi connectivity index (χ3n) is 6.46. The third-order valence-corrected chi connectivity index (χ3v) is 6.69. The van der Waals surface area contributed by atoms with Gasteiger partial charge in [0.1, 0.15) is 18.5 Å². The minimum absolute atomic E-state index is 0.0449.